The summed E-state index contributed by atoms with van der Waals surface area (Å²) in [6.45, 7) is 8.55. The molecule has 0 fully saturated rings. The molecule has 0 aliphatic carbocycles. The van der Waals surface area contributed by atoms with Gasteiger partial charge in [-0.25, -0.2) is 0 Å². The molecule has 3 N–H and O–H groups in total. The fourth-order valence-corrected chi connectivity index (χ4v) is 5.20. The number of carbonyl (C=O) groups excluding carboxylic acids is 1. The molecule has 0 aliphatic heterocycles. The Kier molecular flexibility index (Phi) is 34.3. The number of nitrogens with zero attached hydrogens (tertiary/aromatic N) is 1. The molecule has 0 saturated heterocycles. The highest BCUT2D eigenvalue weighted by atomic mass is 16.5. The molecule has 1 atom stereocenters. The van der Waals surface area contributed by atoms with Crippen LogP contribution in [-0.4, -0.2) is 73.1 Å². The molecule has 0 radical (unpaired) electrons. The predicted octanol–water partition coefficient (Wildman–Crippen LogP) is 8.51. The first kappa shape index (κ1) is 41.8. The highest BCUT2D eigenvalue weighted by Crippen LogP contribution is 2.10. The number of hydrogen-bond acceptors (Lipinski definition) is 5. The van der Waals surface area contributed by atoms with Crippen LogP contribution in [0.25, 0.3) is 0 Å². The normalized spacial score (nSPS) is 12.7. The number of carbonyl (C=O) groups is 1. The van der Waals surface area contributed by atoms with Gasteiger partial charge in [0, 0.05) is 39.3 Å². The van der Waals surface area contributed by atoms with Gasteiger partial charge in [0.15, 0.2) is 0 Å². The van der Waals surface area contributed by atoms with Crippen LogP contribution in [0.5, 0.6) is 0 Å². The lowest BCUT2D eigenvalue weighted by atomic mass is 10.1. The highest BCUT2D eigenvalue weighted by molar-refractivity contribution is 5.75. The summed E-state index contributed by atoms with van der Waals surface area (Å²) in [7, 11) is 0. The fraction of sp³-hybridized carbons (Fsp3) is 0.865. The Morgan fingerprint density at radius 2 is 1.23 bits per heavy atom. The van der Waals surface area contributed by atoms with E-state index in [1.54, 1.807) is 0 Å². The molecule has 6 nitrogen and oxygen atoms in total. The van der Waals surface area contributed by atoms with Crippen molar-refractivity contribution in [2.45, 2.75) is 161 Å². The van der Waals surface area contributed by atoms with Crippen LogP contribution in [0.1, 0.15) is 155 Å². The highest BCUT2D eigenvalue weighted by Gasteiger charge is 2.11. The third-order valence-corrected chi connectivity index (χ3v) is 7.91. The van der Waals surface area contributed by atoms with Crippen molar-refractivity contribution in [3.63, 3.8) is 0 Å². The fourth-order valence-electron chi connectivity index (χ4n) is 5.20. The standard InChI is InChI=1S/C37H72N2O4/c1-3-5-7-9-11-13-14-15-16-17-18-19-20-22-24-28-37(42)38-29-26-30-39(34-36(41)35-40)31-27-33-43-32-25-23-21-12-10-8-6-4-2/h11,13,15-16,36,40-41H,3-10,12,14,17-35H2,1-2H3,(H,38,42)/b13-11-,16-15-. The molecular formula is C37H72N2O4. The van der Waals surface area contributed by atoms with Crippen LogP contribution >= 0.6 is 0 Å². The second kappa shape index (κ2) is 35.3. The summed E-state index contributed by atoms with van der Waals surface area (Å²) >= 11 is 0. The average molecular weight is 609 g/mol. The number of aliphatic hydroxyl groups is 2. The Bertz CT molecular complexity index is 626. The minimum Gasteiger partial charge on any atom is -0.394 e. The van der Waals surface area contributed by atoms with E-state index in [4.69, 9.17) is 4.74 Å². The van der Waals surface area contributed by atoms with Crippen molar-refractivity contribution in [2.24, 2.45) is 0 Å². The van der Waals surface area contributed by atoms with E-state index in [9.17, 15) is 15.0 Å². The summed E-state index contributed by atoms with van der Waals surface area (Å²) in [6.07, 6.45) is 34.3. The van der Waals surface area contributed by atoms with E-state index >= 15 is 0 Å². The van der Waals surface area contributed by atoms with Gasteiger partial charge in [-0.2, -0.15) is 0 Å². The van der Waals surface area contributed by atoms with Gasteiger partial charge < -0.3 is 25.2 Å². The van der Waals surface area contributed by atoms with Crippen LogP contribution in [0, 0.1) is 0 Å². The second-order valence-corrected chi connectivity index (χ2v) is 12.3. The van der Waals surface area contributed by atoms with Crippen LogP contribution in [0.4, 0.5) is 0 Å². The smallest absolute Gasteiger partial charge is 0.219 e. The van der Waals surface area contributed by atoms with Gasteiger partial charge in [-0.15, -0.1) is 0 Å². The third-order valence-electron chi connectivity index (χ3n) is 7.91. The van der Waals surface area contributed by atoms with Gasteiger partial charge in [-0.05, 0) is 64.3 Å². The Morgan fingerprint density at radius 3 is 1.91 bits per heavy atom. The number of aliphatic hydroxyl groups excluding tert-OH is 2. The molecule has 43 heavy (non-hydrogen) atoms. The van der Waals surface area contributed by atoms with E-state index in [2.05, 4.69) is 48.4 Å². The molecule has 1 unspecified atom stereocenters. The largest absolute Gasteiger partial charge is 0.394 e. The van der Waals surface area contributed by atoms with Gasteiger partial charge in [0.1, 0.15) is 0 Å². The van der Waals surface area contributed by atoms with Crippen molar-refractivity contribution in [1.82, 2.24) is 10.2 Å². The molecule has 0 spiro atoms. The zero-order valence-electron chi connectivity index (χ0n) is 28.6. The van der Waals surface area contributed by atoms with Gasteiger partial charge >= 0.3 is 0 Å². The molecule has 0 saturated carbocycles. The second-order valence-electron chi connectivity index (χ2n) is 12.3. The predicted molar refractivity (Wildman–Crippen MR) is 185 cm³/mol. The Balaban J connectivity index is 3.73. The number of rotatable bonds is 34. The quantitative estimate of drug-likeness (QED) is 0.0504. The van der Waals surface area contributed by atoms with Gasteiger partial charge in [-0.3, -0.25) is 4.79 Å². The Hall–Kier alpha value is -1.21. The molecular weight excluding hydrogens is 536 g/mol. The van der Waals surface area contributed by atoms with Gasteiger partial charge in [-0.1, -0.05) is 115 Å². The lowest BCUT2D eigenvalue weighted by Crippen LogP contribution is -2.37. The van der Waals surface area contributed by atoms with Crippen LogP contribution in [0.15, 0.2) is 24.3 Å². The molecule has 0 bridgehead atoms. The lowest BCUT2D eigenvalue weighted by molar-refractivity contribution is -0.121. The van der Waals surface area contributed by atoms with E-state index in [0.29, 0.717) is 19.5 Å². The number of amides is 1. The zero-order valence-corrected chi connectivity index (χ0v) is 28.6. The molecule has 0 rings (SSSR count). The number of allylic oxidation sites excluding steroid dienone is 4. The maximum atomic E-state index is 12.2. The summed E-state index contributed by atoms with van der Waals surface area (Å²) in [6, 6.07) is 0. The van der Waals surface area contributed by atoms with Crippen molar-refractivity contribution in [1.29, 1.82) is 0 Å². The van der Waals surface area contributed by atoms with E-state index in [-0.39, 0.29) is 12.5 Å². The molecule has 0 heterocycles. The number of ether oxygens (including phenoxy) is 1. The minimum atomic E-state index is -0.730. The van der Waals surface area contributed by atoms with Crippen molar-refractivity contribution >= 4 is 5.91 Å². The van der Waals surface area contributed by atoms with Crippen molar-refractivity contribution in [3.05, 3.63) is 24.3 Å². The SMILES string of the molecule is CCCCC/C=C\C/C=C\CCCCCCCC(=O)NCCCN(CCCOCCCCCCCCCC)CC(O)CO. The summed E-state index contributed by atoms with van der Waals surface area (Å²) < 4.78 is 5.82. The van der Waals surface area contributed by atoms with Crippen molar-refractivity contribution in [3.8, 4) is 0 Å². The van der Waals surface area contributed by atoms with Crippen LogP contribution < -0.4 is 5.32 Å². The summed E-state index contributed by atoms with van der Waals surface area (Å²) in [4.78, 5) is 14.4. The molecule has 0 aromatic carbocycles. The van der Waals surface area contributed by atoms with Crippen LogP contribution in [0.3, 0.4) is 0 Å². The molecule has 6 heteroatoms. The van der Waals surface area contributed by atoms with Gasteiger partial charge in [0.25, 0.3) is 0 Å². The molecule has 0 aromatic heterocycles. The topological polar surface area (TPSA) is 82.0 Å². The number of nitrogens with one attached hydrogen (secondary N) is 1. The maximum absolute atomic E-state index is 12.2. The minimum absolute atomic E-state index is 0.141. The van der Waals surface area contributed by atoms with E-state index in [0.717, 1.165) is 71.2 Å². The zero-order chi connectivity index (χ0) is 31.5. The summed E-state index contributed by atoms with van der Waals surface area (Å²) in [5.74, 6) is 0.141. The lowest BCUT2D eigenvalue weighted by Gasteiger charge is -2.24. The first-order chi connectivity index (χ1) is 21.1. The van der Waals surface area contributed by atoms with Crippen LogP contribution in [0.2, 0.25) is 0 Å². The van der Waals surface area contributed by atoms with E-state index < -0.39 is 6.10 Å². The average Bonchev–Trinajstić information content (AvgIpc) is 3.01. The molecule has 0 aliphatic rings. The van der Waals surface area contributed by atoms with Gasteiger partial charge in [0.2, 0.25) is 5.91 Å². The first-order valence-electron chi connectivity index (χ1n) is 18.3. The Labute approximate surface area is 267 Å². The maximum Gasteiger partial charge on any atom is 0.219 e. The summed E-state index contributed by atoms with van der Waals surface area (Å²) in [5, 5.41) is 22.2. The van der Waals surface area contributed by atoms with Crippen molar-refractivity contribution < 1.29 is 19.7 Å². The number of hydrogen-bond donors (Lipinski definition) is 3. The van der Waals surface area contributed by atoms with Crippen LogP contribution in [-0.2, 0) is 9.53 Å². The molecule has 0 aromatic rings. The monoisotopic (exact) mass is 609 g/mol. The Morgan fingerprint density at radius 1 is 0.698 bits per heavy atom. The third kappa shape index (κ3) is 33.5. The van der Waals surface area contributed by atoms with Gasteiger partial charge in [0.05, 0.1) is 12.7 Å². The first-order valence-corrected chi connectivity index (χ1v) is 18.3. The van der Waals surface area contributed by atoms with E-state index in [1.165, 1.54) is 89.9 Å². The van der Waals surface area contributed by atoms with Crippen molar-refractivity contribution in [2.75, 3.05) is 46.0 Å². The molecule has 254 valence electrons. The number of unbranched alkanes of at least 4 members (excludes halogenated alkanes) is 15. The van der Waals surface area contributed by atoms with E-state index in [1.807, 2.05) is 0 Å². The summed E-state index contributed by atoms with van der Waals surface area (Å²) in [5.41, 5.74) is 0. The molecule has 1 amide bonds.